The number of hydrogen-bond donors (Lipinski definition) is 0. The van der Waals surface area contributed by atoms with Crippen molar-refractivity contribution in [3.05, 3.63) is 35.6 Å². The molecule has 1 fully saturated rings. The molecule has 1 aromatic carbocycles. The average Bonchev–Trinajstić information content (AvgIpc) is 3.10. The summed E-state index contributed by atoms with van der Waals surface area (Å²) in [6.45, 7) is 2.05. The van der Waals surface area contributed by atoms with Crippen LogP contribution in [0, 0.1) is 11.7 Å². The highest BCUT2D eigenvalue weighted by molar-refractivity contribution is 5.94. The molecule has 1 aliphatic carbocycles. The van der Waals surface area contributed by atoms with Crippen LogP contribution in [0.15, 0.2) is 24.3 Å². The second kappa shape index (κ2) is 4.24. The van der Waals surface area contributed by atoms with E-state index in [0.29, 0.717) is 11.5 Å². The van der Waals surface area contributed by atoms with Crippen molar-refractivity contribution < 1.29 is 9.18 Å². The molecule has 0 spiro atoms. The van der Waals surface area contributed by atoms with Crippen LogP contribution in [0.25, 0.3) is 0 Å². The quantitative estimate of drug-likeness (QED) is 0.768. The van der Waals surface area contributed by atoms with Gasteiger partial charge in [0.05, 0.1) is 0 Å². The van der Waals surface area contributed by atoms with Gasteiger partial charge in [0.2, 0.25) is 0 Å². The first-order valence-electron chi connectivity index (χ1n) is 5.62. The molecule has 1 unspecified atom stereocenters. The topological polar surface area (TPSA) is 20.3 Å². The molecule has 0 aliphatic heterocycles. The van der Waals surface area contributed by atoms with Gasteiger partial charge in [-0.25, -0.2) is 4.39 Å². The van der Waals surface area contributed by atoms with Crippen molar-refractivity contribution in [2.24, 2.45) is 5.92 Å². The number of halogens is 1. The fourth-order valence-electron chi connectivity index (χ4n) is 1.90. The Balaban J connectivity index is 2.11. The third kappa shape index (κ3) is 2.23. The van der Waals surface area contributed by atoms with Gasteiger partial charge in [-0.3, -0.25) is 4.79 Å². The second-order valence-electron chi connectivity index (χ2n) is 4.50. The Morgan fingerprint density at radius 3 is 2.75 bits per heavy atom. The summed E-state index contributed by atoms with van der Waals surface area (Å²) in [6, 6.07) is 6.11. The van der Waals surface area contributed by atoms with E-state index in [2.05, 4.69) is 6.92 Å². The van der Waals surface area contributed by atoms with Crippen molar-refractivity contribution in [2.45, 2.75) is 25.8 Å². The zero-order valence-electron chi connectivity index (χ0n) is 9.61. The first-order chi connectivity index (χ1) is 7.59. The molecule has 0 radical (unpaired) electrons. The summed E-state index contributed by atoms with van der Waals surface area (Å²) in [5.74, 6) is 0.166. The van der Waals surface area contributed by atoms with Crippen LogP contribution in [-0.2, 0) is 0 Å². The molecule has 0 N–H and O–H groups in total. The van der Waals surface area contributed by atoms with Gasteiger partial charge in [0.15, 0.2) is 0 Å². The van der Waals surface area contributed by atoms with Gasteiger partial charge in [-0.1, -0.05) is 6.07 Å². The van der Waals surface area contributed by atoms with Crippen LogP contribution in [0.3, 0.4) is 0 Å². The highest BCUT2D eigenvalue weighted by Gasteiger charge is 2.32. The lowest BCUT2D eigenvalue weighted by Gasteiger charge is -2.24. The maximum Gasteiger partial charge on any atom is 0.253 e. The molecular weight excluding hydrogens is 205 g/mol. The third-order valence-electron chi connectivity index (χ3n) is 3.31. The minimum Gasteiger partial charge on any atom is -0.339 e. The molecule has 16 heavy (non-hydrogen) atoms. The molecule has 1 aromatic rings. The fourth-order valence-corrected chi connectivity index (χ4v) is 1.90. The van der Waals surface area contributed by atoms with Crippen molar-refractivity contribution in [2.75, 3.05) is 7.05 Å². The smallest absolute Gasteiger partial charge is 0.253 e. The lowest BCUT2D eigenvalue weighted by Crippen LogP contribution is -2.36. The molecule has 1 amide bonds. The maximum absolute atomic E-state index is 13.0. The van der Waals surface area contributed by atoms with Crippen LogP contribution in [0.1, 0.15) is 30.1 Å². The molecule has 2 rings (SSSR count). The Kier molecular flexibility index (Phi) is 2.95. The monoisotopic (exact) mass is 221 g/mol. The molecule has 86 valence electrons. The number of carbonyl (C=O) groups excluding carboxylic acids is 1. The number of carbonyl (C=O) groups is 1. The first-order valence-corrected chi connectivity index (χ1v) is 5.62. The van der Waals surface area contributed by atoms with Gasteiger partial charge in [-0.2, -0.15) is 0 Å². The highest BCUT2D eigenvalue weighted by atomic mass is 19.1. The van der Waals surface area contributed by atoms with E-state index < -0.39 is 0 Å². The van der Waals surface area contributed by atoms with Crippen molar-refractivity contribution in [1.29, 1.82) is 0 Å². The molecule has 1 atom stereocenters. The minimum absolute atomic E-state index is 0.0982. The zero-order valence-corrected chi connectivity index (χ0v) is 9.61. The van der Waals surface area contributed by atoms with Gasteiger partial charge in [-0.15, -0.1) is 0 Å². The van der Waals surface area contributed by atoms with Crippen molar-refractivity contribution in [3.8, 4) is 0 Å². The Morgan fingerprint density at radius 2 is 2.19 bits per heavy atom. The molecule has 0 aromatic heterocycles. The number of nitrogens with zero attached hydrogens (tertiary/aromatic N) is 1. The molecule has 2 nitrogen and oxygen atoms in total. The minimum atomic E-state index is -0.363. The van der Waals surface area contributed by atoms with Crippen LogP contribution >= 0.6 is 0 Å². The summed E-state index contributed by atoms with van der Waals surface area (Å²) in [5.41, 5.74) is 0.426. The van der Waals surface area contributed by atoms with E-state index >= 15 is 0 Å². The van der Waals surface area contributed by atoms with E-state index in [0.717, 1.165) is 0 Å². The lowest BCUT2D eigenvalue weighted by atomic mass is 10.1. The summed E-state index contributed by atoms with van der Waals surface area (Å²) < 4.78 is 13.0. The lowest BCUT2D eigenvalue weighted by molar-refractivity contribution is 0.0727. The van der Waals surface area contributed by atoms with E-state index in [4.69, 9.17) is 0 Å². The standard InChI is InChI=1S/C13H16FNO/c1-9(10-6-7-10)15(2)13(16)11-4-3-5-12(14)8-11/h3-5,8-10H,6-7H2,1-2H3. The molecule has 0 heterocycles. The van der Waals surface area contributed by atoms with E-state index in [1.54, 1.807) is 24.1 Å². The molecule has 1 saturated carbocycles. The van der Waals surface area contributed by atoms with Crippen LogP contribution < -0.4 is 0 Å². The summed E-state index contributed by atoms with van der Waals surface area (Å²) in [7, 11) is 1.79. The Bertz CT molecular complexity index is 401. The number of rotatable bonds is 3. The average molecular weight is 221 g/mol. The molecular formula is C13H16FNO. The number of hydrogen-bond acceptors (Lipinski definition) is 1. The van der Waals surface area contributed by atoms with E-state index in [1.807, 2.05) is 0 Å². The predicted octanol–water partition coefficient (Wildman–Crippen LogP) is 2.70. The summed E-state index contributed by atoms with van der Waals surface area (Å²) in [5, 5.41) is 0. The molecule has 0 saturated heterocycles. The van der Waals surface area contributed by atoms with Crippen molar-refractivity contribution >= 4 is 5.91 Å². The van der Waals surface area contributed by atoms with Gasteiger partial charge < -0.3 is 4.90 Å². The molecule has 3 heteroatoms. The van der Waals surface area contributed by atoms with Gasteiger partial charge in [-0.05, 0) is 43.9 Å². The van der Waals surface area contributed by atoms with E-state index in [-0.39, 0.29) is 17.8 Å². The largest absolute Gasteiger partial charge is 0.339 e. The van der Waals surface area contributed by atoms with E-state index in [1.165, 1.54) is 25.0 Å². The van der Waals surface area contributed by atoms with Crippen LogP contribution in [0.4, 0.5) is 4.39 Å². The summed E-state index contributed by atoms with van der Waals surface area (Å²) in [6.07, 6.45) is 2.39. The summed E-state index contributed by atoms with van der Waals surface area (Å²) >= 11 is 0. The van der Waals surface area contributed by atoms with Crippen molar-refractivity contribution in [3.63, 3.8) is 0 Å². The Morgan fingerprint density at radius 1 is 1.50 bits per heavy atom. The SMILES string of the molecule is CC(C1CC1)N(C)C(=O)c1cccc(F)c1. The summed E-state index contributed by atoms with van der Waals surface area (Å²) in [4.78, 5) is 13.7. The fraction of sp³-hybridized carbons (Fsp3) is 0.462. The van der Waals surface area contributed by atoms with Gasteiger partial charge >= 0.3 is 0 Å². The second-order valence-corrected chi connectivity index (χ2v) is 4.50. The normalized spacial score (nSPS) is 16.9. The van der Waals surface area contributed by atoms with Crippen molar-refractivity contribution in [1.82, 2.24) is 4.90 Å². The van der Waals surface area contributed by atoms with Gasteiger partial charge in [0, 0.05) is 18.7 Å². The van der Waals surface area contributed by atoms with Crippen LogP contribution in [0.5, 0.6) is 0 Å². The van der Waals surface area contributed by atoms with Crippen LogP contribution in [0.2, 0.25) is 0 Å². The van der Waals surface area contributed by atoms with Crippen LogP contribution in [-0.4, -0.2) is 23.9 Å². The zero-order chi connectivity index (χ0) is 11.7. The predicted molar refractivity (Wildman–Crippen MR) is 60.7 cm³/mol. The maximum atomic E-state index is 13.0. The molecule has 1 aliphatic rings. The van der Waals surface area contributed by atoms with Gasteiger partial charge in [0.1, 0.15) is 5.82 Å². The first kappa shape index (κ1) is 11.1. The number of benzene rings is 1. The Hall–Kier alpha value is -1.38. The Labute approximate surface area is 95.1 Å². The third-order valence-corrected chi connectivity index (χ3v) is 3.31. The van der Waals surface area contributed by atoms with E-state index in [9.17, 15) is 9.18 Å². The number of amides is 1. The molecule has 0 bridgehead atoms. The highest BCUT2D eigenvalue weighted by Crippen LogP contribution is 2.35. The van der Waals surface area contributed by atoms with Gasteiger partial charge in [0.25, 0.3) is 5.91 Å².